The van der Waals surface area contributed by atoms with Crippen molar-refractivity contribution in [3.05, 3.63) is 75.2 Å². The molecule has 232 valence electrons. The van der Waals surface area contributed by atoms with Crippen molar-refractivity contribution in [3.63, 3.8) is 0 Å². The van der Waals surface area contributed by atoms with E-state index in [2.05, 4.69) is 10.4 Å². The molecule has 0 saturated carbocycles. The molecule has 3 aromatic rings. The fourth-order valence-corrected chi connectivity index (χ4v) is 4.24. The van der Waals surface area contributed by atoms with Crippen LogP contribution in [0.1, 0.15) is 50.8 Å². The number of likely N-dealkylation sites (N-methyl/N-ethyl adjacent to an activating group) is 1. The Labute approximate surface area is 251 Å². The molecule has 10 nitrogen and oxygen atoms in total. The van der Waals surface area contributed by atoms with E-state index in [1.807, 2.05) is 0 Å². The van der Waals surface area contributed by atoms with Gasteiger partial charge in [-0.25, -0.2) is 9.48 Å². The van der Waals surface area contributed by atoms with E-state index in [9.17, 15) is 32.3 Å². The van der Waals surface area contributed by atoms with E-state index in [0.29, 0.717) is 10.6 Å². The molecule has 14 heteroatoms. The molecule has 0 spiro atoms. The van der Waals surface area contributed by atoms with Crippen LogP contribution < -0.4 is 11.0 Å². The Morgan fingerprint density at radius 3 is 2.30 bits per heavy atom. The molecule has 1 aromatic heterocycles. The average molecular weight is 624 g/mol. The minimum Gasteiger partial charge on any atom is -0.460 e. The van der Waals surface area contributed by atoms with Crippen molar-refractivity contribution in [3.8, 4) is 11.4 Å². The lowest BCUT2D eigenvalue weighted by molar-refractivity contribution is -0.155. The van der Waals surface area contributed by atoms with E-state index < -0.39 is 53.4 Å². The van der Waals surface area contributed by atoms with Crippen molar-refractivity contribution in [1.82, 2.24) is 24.6 Å². The summed E-state index contributed by atoms with van der Waals surface area (Å²) in [5.74, 6) is -1.74. The number of alkyl halides is 3. The van der Waals surface area contributed by atoms with Crippen LogP contribution in [-0.2, 0) is 38.4 Å². The molecule has 1 heterocycles. The van der Waals surface area contributed by atoms with Crippen molar-refractivity contribution in [2.24, 2.45) is 0 Å². The second kappa shape index (κ2) is 13.4. The molecule has 2 aromatic carbocycles. The van der Waals surface area contributed by atoms with Crippen LogP contribution in [-0.4, -0.2) is 56.7 Å². The van der Waals surface area contributed by atoms with Crippen molar-refractivity contribution in [2.45, 2.75) is 64.5 Å². The van der Waals surface area contributed by atoms with Gasteiger partial charge in [-0.1, -0.05) is 23.7 Å². The molecule has 43 heavy (non-hydrogen) atoms. The second-order valence-electron chi connectivity index (χ2n) is 11.0. The lowest BCUT2D eigenvalue weighted by Gasteiger charge is -2.23. The molecular weight excluding hydrogens is 591 g/mol. The highest BCUT2D eigenvalue weighted by Gasteiger charge is 2.33. The Hall–Kier alpha value is -4.13. The largest absolute Gasteiger partial charge is 0.460 e. The van der Waals surface area contributed by atoms with E-state index in [1.165, 1.54) is 24.7 Å². The van der Waals surface area contributed by atoms with Gasteiger partial charge in [-0.2, -0.15) is 13.2 Å². The lowest BCUT2D eigenvalue weighted by Crippen LogP contribution is -2.42. The number of amides is 2. The normalized spacial score (nSPS) is 12.5. The molecule has 0 bridgehead atoms. The third kappa shape index (κ3) is 9.18. The van der Waals surface area contributed by atoms with Gasteiger partial charge in [0.1, 0.15) is 18.2 Å². The Balaban J connectivity index is 1.89. The number of nitrogens with one attached hydrogen (secondary N) is 1. The monoisotopic (exact) mass is 623 g/mol. The molecule has 0 saturated heterocycles. The minimum absolute atomic E-state index is 0.0285. The van der Waals surface area contributed by atoms with Gasteiger partial charge in [-0.15, -0.1) is 5.10 Å². The van der Waals surface area contributed by atoms with E-state index >= 15 is 0 Å². The number of hydrogen-bond donors (Lipinski definition) is 1. The zero-order valence-corrected chi connectivity index (χ0v) is 25.1. The van der Waals surface area contributed by atoms with Gasteiger partial charge in [0.25, 0.3) is 0 Å². The Morgan fingerprint density at radius 1 is 1.07 bits per heavy atom. The molecule has 0 aliphatic carbocycles. The first-order valence-corrected chi connectivity index (χ1v) is 13.7. The molecule has 0 radical (unpaired) electrons. The maximum atomic E-state index is 13.4. The number of carbonyl (C=O) groups excluding carboxylic acids is 3. The zero-order valence-electron chi connectivity index (χ0n) is 24.4. The van der Waals surface area contributed by atoms with Gasteiger partial charge in [-0.3, -0.25) is 19.0 Å². The third-order valence-corrected chi connectivity index (χ3v) is 6.29. The summed E-state index contributed by atoms with van der Waals surface area (Å²) in [5.41, 5.74) is -1.88. The molecule has 2 amide bonds. The Kier molecular flexibility index (Phi) is 10.4. The molecular formula is C29H33ClF3N5O5. The standard InChI is InChI=1S/C29H33ClF3N5O5/c1-28(2,3)43-23(40)10-7-15-37-25(18-11-13-21(30)14-12-18)35-38(27(37)42)17-22(39)34-24(26(41)36(4)5)19-8-6-9-20(16-19)29(31,32)33/h6,8-9,11-14,16,24H,7,10,15,17H2,1-5H3,(H,34,39). The van der Waals surface area contributed by atoms with Crippen LogP contribution in [0.5, 0.6) is 0 Å². The van der Waals surface area contributed by atoms with Gasteiger partial charge in [0, 0.05) is 37.6 Å². The van der Waals surface area contributed by atoms with E-state index in [0.717, 1.165) is 27.8 Å². The van der Waals surface area contributed by atoms with Crippen LogP contribution in [0.25, 0.3) is 11.4 Å². The molecule has 1 atom stereocenters. The van der Waals surface area contributed by atoms with Gasteiger partial charge < -0.3 is 15.0 Å². The summed E-state index contributed by atoms with van der Waals surface area (Å²) in [5, 5.41) is 7.21. The predicted octanol–water partition coefficient (Wildman–Crippen LogP) is 4.45. The Morgan fingerprint density at radius 2 is 1.72 bits per heavy atom. The number of aromatic nitrogens is 3. The van der Waals surface area contributed by atoms with Crippen molar-refractivity contribution < 1.29 is 32.3 Å². The quantitative estimate of drug-likeness (QED) is 0.334. The van der Waals surface area contributed by atoms with Gasteiger partial charge in [0.15, 0.2) is 5.82 Å². The van der Waals surface area contributed by atoms with Gasteiger partial charge in [0.2, 0.25) is 11.8 Å². The number of nitrogens with zero attached hydrogens (tertiary/aromatic N) is 4. The minimum atomic E-state index is -4.66. The van der Waals surface area contributed by atoms with Crippen LogP contribution >= 0.6 is 11.6 Å². The summed E-state index contributed by atoms with van der Waals surface area (Å²) in [6.45, 7) is 4.67. The van der Waals surface area contributed by atoms with Crippen molar-refractivity contribution in [1.29, 1.82) is 0 Å². The second-order valence-corrected chi connectivity index (χ2v) is 11.4. The summed E-state index contributed by atoms with van der Waals surface area (Å²) in [7, 11) is 2.80. The predicted molar refractivity (Wildman–Crippen MR) is 153 cm³/mol. The number of halogens is 4. The number of esters is 1. The van der Waals surface area contributed by atoms with Gasteiger partial charge >= 0.3 is 17.8 Å². The van der Waals surface area contributed by atoms with Crippen LogP contribution in [0.4, 0.5) is 13.2 Å². The number of rotatable bonds is 10. The topological polar surface area (TPSA) is 116 Å². The third-order valence-electron chi connectivity index (χ3n) is 6.04. The highest BCUT2D eigenvalue weighted by molar-refractivity contribution is 6.30. The number of benzene rings is 2. The van der Waals surface area contributed by atoms with Crippen LogP contribution in [0.3, 0.4) is 0 Å². The molecule has 0 aliphatic heterocycles. The van der Waals surface area contributed by atoms with E-state index in [-0.39, 0.29) is 30.8 Å². The fraction of sp³-hybridized carbons (Fsp3) is 0.414. The van der Waals surface area contributed by atoms with Crippen LogP contribution in [0, 0.1) is 0 Å². The lowest BCUT2D eigenvalue weighted by atomic mass is 10.0. The first-order valence-electron chi connectivity index (χ1n) is 13.3. The molecule has 1 N–H and O–H groups in total. The number of carbonyl (C=O) groups is 3. The van der Waals surface area contributed by atoms with Crippen LogP contribution in [0.2, 0.25) is 5.02 Å². The summed E-state index contributed by atoms with van der Waals surface area (Å²) >= 11 is 6.00. The first kappa shape index (κ1) is 33.4. The summed E-state index contributed by atoms with van der Waals surface area (Å²) in [6.07, 6.45) is -4.39. The first-order chi connectivity index (χ1) is 20.0. The van der Waals surface area contributed by atoms with Gasteiger partial charge in [0.05, 0.1) is 5.56 Å². The number of hydrogen-bond acceptors (Lipinski definition) is 6. The van der Waals surface area contributed by atoms with Crippen molar-refractivity contribution in [2.75, 3.05) is 14.1 Å². The van der Waals surface area contributed by atoms with E-state index in [4.69, 9.17) is 16.3 Å². The SMILES string of the molecule is CN(C)C(=O)C(NC(=O)Cn1nc(-c2ccc(Cl)cc2)n(CCCC(=O)OC(C)(C)C)c1=O)c1cccc(C(F)(F)F)c1. The highest BCUT2D eigenvalue weighted by atomic mass is 35.5. The molecule has 1 unspecified atom stereocenters. The Bertz CT molecular complexity index is 1520. The number of ether oxygens (including phenoxy) is 1. The average Bonchev–Trinajstić information content (AvgIpc) is 3.20. The summed E-state index contributed by atoms with van der Waals surface area (Å²) in [6, 6.07) is 9.11. The maximum absolute atomic E-state index is 13.4. The van der Waals surface area contributed by atoms with Gasteiger partial charge in [-0.05, 0) is 69.2 Å². The highest BCUT2D eigenvalue weighted by Crippen LogP contribution is 2.31. The fourth-order valence-electron chi connectivity index (χ4n) is 4.12. The summed E-state index contributed by atoms with van der Waals surface area (Å²) < 4.78 is 47.5. The van der Waals surface area contributed by atoms with Crippen LogP contribution in [0.15, 0.2) is 53.3 Å². The summed E-state index contributed by atoms with van der Waals surface area (Å²) in [4.78, 5) is 52.7. The molecule has 0 aliphatic rings. The van der Waals surface area contributed by atoms with E-state index in [1.54, 1.807) is 45.0 Å². The molecule has 3 rings (SSSR count). The smallest absolute Gasteiger partial charge is 0.416 e. The molecule has 0 fully saturated rings. The maximum Gasteiger partial charge on any atom is 0.416 e. The van der Waals surface area contributed by atoms with Crippen molar-refractivity contribution >= 4 is 29.4 Å². The zero-order chi connectivity index (χ0) is 32.1.